The number of rotatable bonds is 7. The van der Waals surface area contributed by atoms with Crippen LogP contribution in [0.15, 0.2) is 54.1 Å². The van der Waals surface area contributed by atoms with Gasteiger partial charge in [-0.25, -0.2) is 0 Å². The molecule has 1 saturated heterocycles. The van der Waals surface area contributed by atoms with Crippen LogP contribution in [0.5, 0.6) is 17.2 Å². The number of ether oxygens (including phenoxy) is 2. The van der Waals surface area contributed by atoms with Gasteiger partial charge in [-0.3, -0.25) is 9.59 Å². The van der Waals surface area contributed by atoms with Crippen molar-refractivity contribution in [2.24, 2.45) is 0 Å². The summed E-state index contributed by atoms with van der Waals surface area (Å²) >= 11 is 0. The number of methoxy groups -OCH3 is 1. The zero-order valence-corrected chi connectivity index (χ0v) is 22.6. The van der Waals surface area contributed by atoms with Gasteiger partial charge in [0.15, 0.2) is 11.5 Å². The molecular formula is C31H33NO6. The molecule has 1 atom stereocenters. The molecule has 1 heterocycles. The van der Waals surface area contributed by atoms with E-state index in [1.54, 1.807) is 25.1 Å². The fourth-order valence-corrected chi connectivity index (χ4v) is 5.06. The van der Waals surface area contributed by atoms with Crippen LogP contribution >= 0.6 is 0 Å². The largest absolute Gasteiger partial charge is 0.507 e. The smallest absolute Gasteiger partial charge is 0.295 e. The van der Waals surface area contributed by atoms with Crippen LogP contribution in [0.2, 0.25) is 0 Å². The van der Waals surface area contributed by atoms with Crippen LogP contribution in [0.1, 0.15) is 51.9 Å². The van der Waals surface area contributed by atoms with Gasteiger partial charge in [-0.15, -0.1) is 0 Å². The quantitative estimate of drug-likeness (QED) is 0.240. The molecule has 1 fully saturated rings. The third-order valence-corrected chi connectivity index (χ3v) is 6.86. The monoisotopic (exact) mass is 515 g/mol. The number of aromatic hydroxyl groups is 1. The lowest BCUT2D eigenvalue weighted by Crippen LogP contribution is -2.29. The first-order chi connectivity index (χ1) is 18.1. The molecule has 0 aromatic heterocycles. The molecule has 1 amide bonds. The molecule has 0 spiro atoms. The topological polar surface area (TPSA) is 96.3 Å². The number of hydrogen-bond donors (Lipinski definition) is 2. The van der Waals surface area contributed by atoms with E-state index in [1.807, 2.05) is 52.0 Å². The molecule has 0 radical (unpaired) electrons. The summed E-state index contributed by atoms with van der Waals surface area (Å²) in [6.45, 7) is 9.93. The summed E-state index contributed by atoms with van der Waals surface area (Å²) in [5.41, 5.74) is 5.38. The molecule has 4 rings (SSSR count). The molecule has 7 nitrogen and oxygen atoms in total. The number of amides is 1. The number of Topliss-reactive ketones (excluding diaryl/α,β-unsaturated/α-hetero) is 1. The molecule has 2 N–H and O–H groups in total. The van der Waals surface area contributed by atoms with E-state index in [-0.39, 0.29) is 29.4 Å². The van der Waals surface area contributed by atoms with Crippen molar-refractivity contribution < 1.29 is 29.3 Å². The molecule has 1 unspecified atom stereocenters. The van der Waals surface area contributed by atoms with Crippen LogP contribution in [0.4, 0.5) is 0 Å². The van der Waals surface area contributed by atoms with Gasteiger partial charge >= 0.3 is 0 Å². The minimum atomic E-state index is -0.916. The summed E-state index contributed by atoms with van der Waals surface area (Å²) < 4.78 is 11.2. The zero-order valence-electron chi connectivity index (χ0n) is 22.6. The van der Waals surface area contributed by atoms with Crippen molar-refractivity contribution in [3.05, 3.63) is 93.0 Å². The highest BCUT2D eigenvalue weighted by atomic mass is 16.5. The van der Waals surface area contributed by atoms with E-state index >= 15 is 0 Å². The van der Waals surface area contributed by atoms with E-state index in [0.29, 0.717) is 23.5 Å². The molecule has 0 bridgehead atoms. The molecule has 7 heteroatoms. The van der Waals surface area contributed by atoms with E-state index in [0.717, 1.165) is 27.8 Å². The van der Waals surface area contributed by atoms with Gasteiger partial charge in [0.25, 0.3) is 11.7 Å². The van der Waals surface area contributed by atoms with Crippen molar-refractivity contribution in [2.75, 3.05) is 13.7 Å². The molecule has 0 aliphatic carbocycles. The lowest BCUT2D eigenvalue weighted by Gasteiger charge is -2.27. The van der Waals surface area contributed by atoms with Crippen molar-refractivity contribution in [1.29, 1.82) is 0 Å². The number of likely N-dealkylation sites (tertiary alicyclic amines) is 1. The Balaban J connectivity index is 1.97. The van der Waals surface area contributed by atoms with E-state index < -0.39 is 17.7 Å². The van der Waals surface area contributed by atoms with Gasteiger partial charge in [0.1, 0.15) is 11.5 Å². The molecule has 3 aromatic carbocycles. The summed E-state index contributed by atoms with van der Waals surface area (Å²) in [5.74, 6) is -1.22. The molecule has 3 aromatic rings. The minimum absolute atomic E-state index is 0.0447. The zero-order chi connectivity index (χ0) is 27.7. The lowest BCUT2D eigenvalue weighted by atomic mass is 9.93. The predicted octanol–water partition coefficient (Wildman–Crippen LogP) is 5.66. The first-order valence-electron chi connectivity index (χ1n) is 12.5. The lowest BCUT2D eigenvalue weighted by molar-refractivity contribution is -0.140. The maximum atomic E-state index is 13.6. The number of aryl methyl sites for hydroxylation is 4. The van der Waals surface area contributed by atoms with Gasteiger partial charge in [0, 0.05) is 6.54 Å². The number of carbonyl (C=O) groups is 2. The van der Waals surface area contributed by atoms with Crippen LogP contribution in [0, 0.1) is 27.7 Å². The maximum absolute atomic E-state index is 13.6. The number of hydrogen-bond acceptors (Lipinski definition) is 6. The standard InChI is InChI=1S/C31H33NO6/c1-7-38-25-15-21(10-11-24(25)33)27-26(28(34)23-14-18(3)12-20(5)30(23)37-6)29(35)31(36)32(27)16-22-13-17(2)8-9-19(22)4/h8-15,27,33-34H,7,16H2,1-6H3/b28-26+. The number of phenolic OH excluding ortho intramolecular Hbond substituents is 1. The minimum Gasteiger partial charge on any atom is -0.507 e. The predicted molar refractivity (Wildman–Crippen MR) is 146 cm³/mol. The highest BCUT2D eigenvalue weighted by molar-refractivity contribution is 6.46. The summed E-state index contributed by atoms with van der Waals surface area (Å²) in [6.07, 6.45) is 0. The van der Waals surface area contributed by atoms with Crippen LogP contribution < -0.4 is 9.47 Å². The second-order valence-electron chi connectivity index (χ2n) is 9.68. The van der Waals surface area contributed by atoms with Gasteiger partial charge in [0.2, 0.25) is 0 Å². The number of carbonyl (C=O) groups excluding carboxylic acids is 2. The van der Waals surface area contributed by atoms with Gasteiger partial charge in [-0.1, -0.05) is 35.9 Å². The van der Waals surface area contributed by atoms with Crippen molar-refractivity contribution in [2.45, 2.75) is 47.2 Å². The Labute approximate surface area is 222 Å². The SMILES string of the molecule is CCOc1cc(C2/C(=C(\O)c3cc(C)cc(C)c3OC)C(=O)C(=O)N2Cc2cc(C)ccc2C)ccc1O. The van der Waals surface area contributed by atoms with Gasteiger partial charge in [-0.05, 0) is 80.6 Å². The molecule has 198 valence electrons. The van der Waals surface area contributed by atoms with Crippen molar-refractivity contribution in [3.8, 4) is 17.2 Å². The highest BCUT2D eigenvalue weighted by Gasteiger charge is 2.46. The summed E-state index contributed by atoms with van der Waals surface area (Å²) in [4.78, 5) is 28.6. The van der Waals surface area contributed by atoms with Crippen LogP contribution in [0.25, 0.3) is 5.76 Å². The van der Waals surface area contributed by atoms with Gasteiger partial charge in [0.05, 0.1) is 30.9 Å². The van der Waals surface area contributed by atoms with E-state index in [2.05, 4.69) is 0 Å². The molecule has 38 heavy (non-hydrogen) atoms. The molecule has 0 saturated carbocycles. The summed E-state index contributed by atoms with van der Waals surface area (Å²) in [5, 5.41) is 21.9. The fourth-order valence-electron chi connectivity index (χ4n) is 5.06. The third kappa shape index (κ3) is 4.84. The molecular weight excluding hydrogens is 482 g/mol. The van der Waals surface area contributed by atoms with E-state index in [9.17, 15) is 19.8 Å². The fraction of sp³-hybridized carbons (Fsp3) is 0.290. The van der Waals surface area contributed by atoms with Crippen LogP contribution in [-0.4, -0.2) is 40.5 Å². The molecule has 1 aliphatic heterocycles. The van der Waals surface area contributed by atoms with Crippen molar-refractivity contribution in [1.82, 2.24) is 4.90 Å². The highest BCUT2D eigenvalue weighted by Crippen LogP contribution is 2.44. The number of phenols is 1. The first-order valence-corrected chi connectivity index (χ1v) is 12.5. The van der Waals surface area contributed by atoms with Crippen LogP contribution in [0.3, 0.4) is 0 Å². The first kappa shape index (κ1) is 26.8. The summed E-state index contributed by atoms with van der Waals surface area (Å²) in [6, 6.07) is 13.4. The Hall–Kier alpha value is -4.26. The number of aliphatic hydroxyl groups is 1. The van der Waals surface area contributed by atoms with E-state index in [4.69, 9.17) is 9.47 Å². The van der Waals surface area contributed by atoms with Gasteiger partial charge < -0.3 is 24.6 Å². The van der Waals surface area contributed by atoms with E-state index in [1.165, 1.54) is 18.1 Å². The number of ketones is 1. The number of benzene rings is 3. The number of nitrogens with zero attached hydrogens (tertiary/aromatic N) is 1. The molecule has 1 aliphatic rings. The Kier molecular flexibility index (Phi) is 7.49. The van der Waals surface area contributed by atoms with Gasteiger partial charge in [-0.2, -0.15) is 0 Å². The second-order valence-corrected chi connectivity index (χ2v) is 9.68. The van der Waals surface area contributed by atoms with Crippen LogP contribution in [-0.2, 0) is 16.1 Å². The Morgan fingerprint density at radius 3 is 2.37 bits per heavy atom. The number of aliphatic hydroxyl groups excluding tert-OH is 1. The average molecular weight is 516 g/mol. The third-order valence-electron chi connectivity index (χ3n) is 6.86. The second kappa shape index (κ2) is 10.6. The average Bonchev–Trinajstić information content (AvgIpc) is 3.11. The Bertz CT molecular complexity index is 1450. The normalized spacial score (nSPS) is 16.7. The maximum Gasteiger partial charge on any atom is 0.295 e. The Morgan fingerprint density at radius 2 is 1.68 bits per heavy atom. The van der Waals surface area contributed by atoms with Crippen molar-refractivity contribution >= 4 is 17.4 Å². The van der Waals surface area contributed by atoms with Crippen molar-refractivity contribution in [3.63, 3.8) is 0 Å². The Morgan fingerprint density at radius 1 is 0.947 bits per heavy atom. The summed E-state index contributed by atoms with van der Waals surface area (Å²) in [7, 11) is 1.50.